The van der Waals surface area contributed by atoms with E-state index in [1.807, 2.05) is 6.07 Å². The zero-order valence-corrected chi connectivity index (χ0v) is 15.3. The first-order valence-electron chi connectivity index (χ1n) is 7.68. The maximum absolute atomic E-state index is 12.4. The fourth-order valence-corrected chi connectivity index (χ4v) is 2.74. The number of pyridine rings is 1. The first-order chi connectivity index (χ1) is 12.6. The van der Waals surface area contributed by atoms with Crippen LogP contribution in [0.3, 0.4) is 0 Å². The molecule has 1 amide bonds. The molecule has 2 N–H and O–H groups in total. The number of rotatable bonds is 5. The zero-order chi connectivity index (χ0) is 18.5. The maximum Gasteiger partial charge on any atom is 0.257 e. The van der Waals surface area contributed by atoms with Gasteiger partial charge in [-0.05, 0) is 36.4 Å². The Morgan fingerprint density at radius 1 is 1.00 bits per heavy atom. The number of hydrogen-bond donors (Lipinski definition) is 2. The van der Waals surface area contributed by atoms with Crippen LogP contribution in [-0.2, 0) is 0 Å². The van der Waals surface area contributed by atoms with Crippen molar-refractivity contribution >= 4 is 46.2 Å². The van der Waals surface area contributed by atoms with E-state index < -0.39 is 0 Å². The van der Waals surface area contributed by atoms with Gasteiger partial charge in [0, 0.05) is 11.9 Å². The Morgan fingerprint density at radius 3 is 2.54 bits per heavy atom. The van der Waals surface area contributed by atoms with E-state index in [9.17, 15) is 4.79 Å². The summed E-state index contributed by atoms with van der Waals surface area (Å²) in [6, 6.07) is 14.0. The maximum atomic E-state index is 12.4. The minimum absolute atomic E-state index is 0.304. The average Bonchev–Trinajstić information content (AvgIpc) is 2.64. The Bertz CT molecular complexity index is 948. The predicted molar refractivity (Wildman–Crippen MR) is 105 cm³/mol. The summed E-state index contributed by atoms with van der Waals surface area (Å²) in [4.78, 5) is 16.5. The van der Waals surface area contributed by atoms with Crippen molar-refractivity contribution in [2.75, 3.05) is 17.7 Å². The number of nitrogens with zero attached hydrogens (tertiary/aromatic N) is 1. The highest BCUT2D eigenvalue weighted by Gasteiger charge is 2.10. The van der Waals surface area contributed by atoms with Crippen molar-refractivity contribution in [2.45, 2.75) is 0 Å². The Labute approximate surface area is 160 Å². The standard InChI is InChI=1S/C19H15Cl2N3O2/c1-26-18-7-6-13(9-16(18)21)23-14-8-12(10-22-11-14)19(25)24-17-5-3-2-4-15(17)20/h2-11,23H,1H3,(H,24,25). The summed E-state index contributed by atoms with van der Waals surface area (Å²) in [5.74, 6) is 0.283. The summed E-state index contributed by atoms with van der Waals surface area (Å²) in [5.41, 5.74) is 2.34. The second-order valence-electron chi connectivity index (χ2n) is 5.37. The molecule has 0 unspecified atom stereocenters. The van der Waals surface area contributed by atoms with Gasteiger partial charge in [-0.3, -0.25) is 9.78 Å². The highest BCUT2D eigenvalue weighted by atomic mass is 35.5. The number of halogens is 2. The third-order valence-corrected chi connectivity index (χ3v) is 4.19. The molecule has 3 rings (SSSR count). The number of benzene rings is 2. The number of carbonyl (C=O) groups excluding carboxylic acids is 1. The van der Waals surface area contributed by atoms with Crippen molar-refractivity contribution in [1.82, 2.24) is 4.98 Å². The van der Waals surface area contributed by atoms with Crippen LogP contribution in [0.15, 0.2) is 60.9 Å². The molecule has 132 valence electrons. The molecule has 5 nitrogen and oxygen atoms in total. The summed E-state index contributed by atoms with van der Waals surface area (Å²) in [7, 11) is 1.55. The molecular weight excluding hydrogens is 373 g/mol. The molecule has 2 aromatic carbocycles. The molecular formula is C19H15Cl2N3O2. The summed E-state index contributed by atoms with van der Waals surface area (Å²) in [6.45, 7) is 0. The van der Waals surface area contributed by atoms with Crippen LogP contribution in [0.5, 0.6) is 5.75 Å². The van der Waals surface area contributed by atoms with Crippen molar-refractivity contribution in [1.29, 1.82) is 0 Å². The molecule has 0 aliphatic heterocycles. The van der Waals surface area contributed by atoms with Gasteiger partial charge in [0.15, 0.2) is 0 Å². The first kappa shape index (κ1) is 18.0. The fourth-order valence-electron chi connectivity index (χ4n) is 2.30. The lowest BCUT2D eigenvalue weighted by molar-refractivity contribution is 0.102. The SMILES string of the molecule is COc1ccc(Nc2cncc(C(=O)Nc3ccccc3Cl)c2)cc1Cl. The van der Waals surface area contributed by atoms with E-state index >= 15 is 0 Å². The summed E-state index contributed by atoms with van der Waals surface area (Å²) >= 11 is 12.2. The second-order valence-corrected chi connectivity index (χ2v) is 6.18. The third-order valence-electron chi connectivity index (χ3n) is 3.56. The van der Waals surface area contributed by atoms with Gasteiger partial charge in [0.25, 0.3) is 5.91 Å². The zero-order valence-electron chi connectivity index (χ0n) is 13.8. The van der Waals surface area contributed by atoms with Crippen LogP contribution in [0.4, 0.5) is 17.1 Å². The van der Waals surface area contributed by atoms with Crippen molar-refractivity contribution in [3.05, 3.63) is 76.5 Å². The van der Waals surface area contributed by atoms with E-state index in [4.69, 9.17) is 27.9 Å². The van der Waals surface area contributed by atoms with Gasteiger partial charge in [-0.1, -0.05) is 35.3 Å². The lowest BCUT2D eigenvalue weighted by Gasteiger charge is -2.10. The Balaban J connectivity index is 1.76. The predicted octanol–water partition coefficient (Wildman–Crippen LogP) is 5.39. The summed E-state index contributed by atoms with van der Waals surface area (Å²) in [6.07, 6.45) is 3.10. The molecule has 0 aliphatic rings. The molecule has 3 aromatic rings. The minimum Gasteiger partial charge on any atom is -0.495 e. The molecule has 0 saturated carbocycles. The molecule has 0 radical (unpaired) electrons. The highest BCUT2D eigenvalue weighted by molar-refractivity contribution is 6.34. The van der Waals surface area contributed by atoms with E-state index in [2.05, 4.69) is 15.6 Å². The van der Waals surface area contributed by atoms with Crippen LogP contribution in [0.25, 0.3) is 0 Å². The van der Waals surface area contributed by atoms with Gasteiger partial charge in [0.1, 0.15) is 5.75 Å². The van der Waals surface area contributed by atoms with E-state index in [1.54, 1.807) is 55.8 Å². The van der Waals surface area contributed by atoms with Gasteiger partial charge in [-0.15, -0.1) is 0 Å². The molecule has 0 bridgehead atoms. The normalized spacial score (nSPS) is 10.3. The summed E-state index contributed by atoms with van der Waals surface area (Å²) in [5, 5.41) is 6.88. The highest BCUT2D eigenvalue weighted by Crippen LogP contribution is 2.29. The van der Waals surface area contributed by atoms with Crippen molar-refractivity contribution in [3.63, 3.8) is 0 Å². The van der Waals surface area contributed by atoms with Crippen molar-refractivity contribution in [2.24, 2.45) is 0 Å². The van der Waals surface area contributed by atoms with E-state index in [-0.39, 0.29) is 5.91 Å². The number of anilines is 3. The molecule has 26 heavy (non-hydrogen) atoms. The molecule has 0 fully saturated rings. The molecule has 0 saturated heterocycles. The lowest BCUT2D eigenvalue weighted by Crippen LogP contribution is -2.12. The molecule has 0 atom stereocenters. The molecule has 7 heteroatoms. The lowest BCUT2D eigenvalue weighted by atomic mass is 10.2. The number of nitrogens with one attached hydrogen (secondary N) is 2. The third kappa shape index (κ3) is 4.25. The van der Waals surface area contributed by atoms with Crippen LogP contribution in [0, 0.1) is 0 Å². The van der Waals surface area contributed by atoms with E-state index in [1.165, 1.54) is 6.20 Å². The average molecular weight is 388 g/mol. The smallest absolute Gasteiger partial charge is 0.257 e. The number of carbonyl (C=O) groups is 1. The number of hydrogen-bond acceptors (Lipinski definition) is 4. The molecule has 0 aliphatic carbocycles. The Hall–Kier alpha value is -2.76. The topological polar surface area (TPSA) is 63.2 Å². The van der Waals surface area contributed by atoms with Crippen LogP contribution in [0.2, 0.25) is 10.0 Å². The Morgan fingerprint density at radius 2 is 1.81 bits per heavy atom. The fraction of sp³-hybridized carbons (Fsp3) is 0.0526. The monoisotopic (exact) mass is 387 g/mol. The van der Waals surface area contributed by atoms with Crippen LogP contribution in [0.1, 0.15) is 10.4 Å². The molecule has 1 heterocycles. The molecule has 1 aromatic heterocycles. The van der Waals surface area contributed by atoms with Gasteiger partial charge in [0.05, 0.1) is 40.3 Å². The van der Waals surface area contributed by atoms with Gasteiger partial charge in [-0.2, -0.15) is 0 Å². The second kappa shape index (κ2) is 8.08. The van der Waals surface area contributed by atoms with Gasteiger partial charge in [-0.25, -0.2) is 0 Å². The van der Waals surface area contributed by atoms with E-state index in [0.717, 1.165) is 5.69 Å². The van der Waals surface area contributed by atoms with E-state index in [0.29, 0.717) is 32.7 Å². The van der Waals surface area contributed by atoms with Crippen LogP contribution >= 0.6 is 23.2 Å². The number of amides is 1. The summed E-state index contributed by atoms with van der Waals surface area (Å²) < 4.78 is 5.13. The number of methoxy groups -OCH3 is 1. The van der Waals surface area contributed by atoms with Gasteiger partial charge >= 0.3 is 0 Å². The van der Waals surface area contributed by atoms with Gasteiger partial charge < -0.3 is 15.4 Å². The number of para-hydroxylation sites is 1. The number of aromatic nitrogens is 1. The van der Waals surface area contributed by atoms with Crippen LogP contribution in [-0.4, -0.2) is 18.0 Å². The van der Waals surface area contributed by atoms with Crippen molar-refractivity contribution < 1.29 is 9.53 Å². The number of ether oxygens (including phenoxy) is 1. The quantitative estimate of drug-likeness (QED) is 0.615. The van der Waals surface area contributed by atoms with Gasteiger partial charge in [0.2, 0.25) is 0 Å². The molecule has 0 spiro atoms. The minimum atomic E-state index is -0.304. The largest absolute Gasteiger partial charge is 0.495 e. The van der Waals surface area contributed by atoms with Crippen molar-refractivity contribution in [3.8, 4) is 5.75 Å². The Kier molecular flexibility index (Phi) is 5.61. The van der Waals surface area contributed by atoms with Crippen LogP contribution < -0.4 is 15.4 Å². The first-order valence-corrected chi connectivity index (χ1v) is 8.44.